The van der Waals surface area contributed by atoms with E-state index >= 15 is 0 Å². The summed E-state index contributed by atoms with van der Waals surface area (Å²) in [5.41, 5.74) is 3.21. The zero-order valence-electron chi connectivity index (χ0n) is 12.1. The molecule has 0 radical (unpaired) electrons. The highest BCUT2D eigenvalue weighted by Crippen LogP contribution is 2.26. The second-order valence-corrected chi connectivity index (χ2v) is 6.40. The van der Waals surface area contributed by atoms with Crippen LogP contribution in [0.25, 0.3) is 0 Å². The molecule has 0 amide bonds. The Morgan fingerprint density at radius 2 is 1.65 bits per heavy atom. The first-order valence-electron chi connectivity index (χ1n) is 7.19. The molecule has 1 fully saturated rings. The number of nitrogens with zero attached hydrogens (tertiary/aromatic N) is 1. The average Bonchev–Trinajstić information content (AvgIpc) is 2.54. The Morgan fingerprint density at radius 1 is 1.12 bits per heavy atom. The van der Waals surface area contributed by atoms with Gasteiger partial charge in [0.15, 0.2) is 0 Å². The summed E-state index contributed by atoms with van der Waals surface area (Å²) in [7, 11) is 0. The molecule has 0 spiro atoms. The summed E-state index contributed by atoms with van der Waals surface area (Å²) in [5, 5.41) is 0. The van der Waals surface area contributed by atoms with Crippen molar-refractivity contribution in [2.24, 2.45) is 11.8 Å². The number of hydrogen-bond donors (Lipinski definition) is 2. The summed E-state index contributed by atoms with van der Waals surface area (Å²) >= 11 is 0. The monoisotopic (exact) mass is 241 g/mol. The molecule has 1 unspecified atom stereocenters. The minimum atomic E-state index is 0.156. The Balaban J connectivity index is 2.67. The van der Waals surface area contributed by atoms with Gasteiger partial charge in [0.1, 0.15) is 0 Å². The van der Waals surface area contributed by atoms with Crippen molar-refractivity contribution in [1.29, 1.82) is 0 Å². The van der Waals surface area contributed by atoms with Crippen molar-refractivity contribution in [3.8, 4) is 0 Å². The zero-order chi connectivity index (χ0) is 12.9. The van der Waals surface area contributed by atoms with E-state index in [0.29, 0.717) is 12.0 Å². The molecule has 1 aliphatic heterocycles. The second kappa shape index (κ2) is 6.72. The van der Waals surface area contributed by atoms with Crippen LogP contribution in [0.3, 0.4) is 0 Å². The molecule has 0 bridgehead atoms. The predicted molar refractivity (Wildman–Crippen MR) is 74.7 cm³/mol. The maximum absolute atomic E-state index is 5.78. The van der Waals surface area contributed by atoms with E-state index in [1.54, 1.807) is 0 Å². The number of hydrazine groups is 1. The van der Waals surface area contributed by atoms with Crippen LogP contribution in [-0.4, -0.2) is 29.6 Å². The minimum absolute atomic E-state index is 0.156. The van der Waals surface area contributed by atoms with E-state index in [0.717, 1.165) is 6.42 Å². The number of likely N-dealkylation sites (tertiary alicyclic amines) is 1. The van der Waals surface area contributed by atoms with Crippen molar-refractivity contribution in [2.45, 2.75) is 71.4 Å². The highest BCUT2D eigenvalue weighted by molar-refractivity contribution is 4.93. The number of hydrogen-bond acceptors (Lipinski definition) is 3. The van der Waals surface area contributed by atoms with E-state index in [9.17, 15) is 0 Å². The van der Waals surface area contributed by atoms with Crippen LogP contribution < -0.4 is 11.3 Å². The minimum Gasteiger partial charge on any atom is -0.297 e. The molecule has 3 heteroatoms. The molecule has 0 aromatic heterocycles. The van der Waals surface area contributed by atoms with Gasteiger partial charge in [-0.05, 0) is 52.1 Å². The molecule has 3 nitrogen and oxygen atoms in total. The third-order valence-corrected chi connectivity index (χ3v) is 4.18. The Kier molecular flexibility index (Phi) is 5.90. The van der Waals surface area contributed by atoms with Crippen LogP contribution in [0, 0.1) is 5.92 Å². The highest BCUT2D eigenvalue weighted by atomic mass is 15.3. The zero-order valence-corrected chi connectivity index (χ0v) is 12.1. The first-order valence-corrected chi connectivity index (χ1v) is 7.19. The fourth-order valence-electron chi connectivity index (χ4n) is 2.90. The molecule has 0 aromatic rings. The first-order chi connectivity index (χ1) is 7.98. The molecule has 102 valence electrons. The van der Waals surface area contributed by atoms with Gasteiger partial charge in [-0.3, -0.25) is 16.2 Å². The number of nitrogens with two attached hydrogens (primary N) is 1. The maximum Gasteiger partial charge on any atom is 0.0391 e. The molecule has 1 rings (SSSR count). The molecular weight excluding hydrogens is 210 g/mol. The van der Waals surface area contributed by atoms with Crippen LogP contribution in [0.15, 0.2) is 0 Å². The molecule has 1 aliphatic rings. The topological polar surface area (TPSA) is 41.3 Å². The van der Waals surface area contributed by atoms with Crippen molar-refractivity contribution in [2.75, 3.05) is 13.1 Å². The van der Waals surface area contributed by atoms with Gasteiger partial charge in [-0.2, -0.15) is 0 Å². The second-order valence-electron chi connectivity index (χ2n) is 6.40. The highest BCUT2D eigenvalue weighted by Gasteiger charge is 2.35. The Hall–Kier alpha value is -0.120. The van der Waals surface area contributed by atoms with Crippen LogP contribution in [0.5, 0.6) is 0 Å². The number of nitrogens with one attached hydrogen (secondary N) is 1. The van der Waals surface area contributed by atoms with E-state index in [4.69, 9.17) is 5.84 Å². The van der Waals surface area contributed by atoms with Gasteiger partial charge in [0, 0.05) is 11.6 Å². The van der Waals surface area contributed by atoms with E-state index in [1.165, 1.54) is 38.8 Å². The number of rotatable bonds is 5. The largest absolute Gasteiger partial charge is 0.297 e. The lowest BCUT2D eigenvalue weighted by Gasteiger charge is -2.44. The summed E-state index contributed by atoms with van der Waals surface area (Å²) in [5.74, 6) is 6.46. The molecule has 3 N–H and O–H groups in total. The van der Waals surface area contributed by atoms with Crippen molar-refractivity contribution in [1.82, 2.24) is 10.3 Å². The Bertz CT molecular complexity index is 202. The smallest absolute Gasteiger partial charge is 0.0391 e. The van der Waals surface area contributed by atoms with Gasteiger partial charge < -0.3 is 0 Å². The molecule has 0 aromatic carbocycles. The van der Waals surface area contributed by atoms with Crippen molar-refractivity contribution < 1.29 is 0 Å². The SMILES string of the molecule is CC(C)CC(NN)C(C)(C)N1CCCCCC1. The predicted octanol–water partition coefficient (Wildman–Crippen LogP) is 2.52. The Morgan fingerprint density at radius 3 is 2.06 bits per heavy atom. The molecule has 0 saturated carbocycles. The molecule has 17 heavy (non-hydrogen) atoms. The average molecular weight is 241 g/mol. The quantitative estimate of drug-likeness (QED) is 0.574. The van der Waals surface area contributed by atoms with Gasteiger partial charge in [-0.1, -0.05) is 26.7 Å². The summed E-state index contributed by atoms with van der Waals surface area (Å²) in [6, 6.07) is 0.376. The van der Waals surface area contributed by atoms with Gasteiger partial charge in [-0.15, -0.1) is 0 Å². The summed E-state index contributed by atoms with van der Waals surface area (Å²) in [6.07, 6.45) is 6.58. The van der Waals surface area contributed by atoms with Gasteiger partial charge in [0.2, 0.25) is 0 Å². The first kappa shape index (κ1) is 14.9. The van der Waals surface area contributed by atoms with Crippen molar-refractivity contribution in [3.05, 3.63) is 0 Å². The van der Waals surface area contributed by atoms with E-state index in [2.05, 4.69) is 38.0 Å². The maximum atomic E-state index is 5.78. The van der Waals surface area contributed by atoms with Gasteiger partial charge in [0.25, 0.3) is 0 Å². The lowest BCUT2D eigenvalue weighted by Crippen LogP contribution is -2.60. The van der Waals surface area contributed by atoms with Crippen LogP contribution in [0.2, 0.25) is 0 Å². The lowest BCUT2D eigenvalue weighted by molar-refractivity contribution is 0.0750. The fourth-order valence-corrected chi connectivity index (χ4v) is 2.90. The molecule has 1 atom stereocenters. The fraction of sp³-hybridized carbons (Fsp3) is 1.00. The lowest BCUT2D eigenvalue weighted by atomic mass is 9.86. The van der Waals surface area contributed by atoms with Crippen LogP contribution >= 0.6 is 0 Å². The van der Waals surface area contributed by atoms with Gasteiger partial charge >= 0.3 is 0 Å². The van der Waals surface area contributed by atoms with E-state index < -0.39 is 0 Å². The Labute approximate surface area is 107 Å². The molecule has 0 aliphatic carbocycles. The normalized spacial score (nSPS) is 21.5. The van der Waals surface area contributed by atoms with E-state index in [1.807, 2.05) is 0 Å². The van der Waals surface area contributed by atoms with Crippen molar-refractivity contribution in [3.63, 3.8) is 0 Å². The van der Waals surface area contributed by atoms with Crippen LogP contribution in [0.4, 0.5) is 0 Å². The van der Waals surface area contributed by atoms with E-state index in [-0.39, 0.29) is 5.54 Å². The summed E-state index contributed by atoms with van der Waals surface area (Å²) < 4.78 is 0. The van der Waals surface area contributed by atoms with Gasteiger partial charge in [0.05, 0.1) is 0 Å². The third-order valence-electron chi connectivity index (χ3n) is 4.18. The van der Waals surface area contributed by atoms with Crippen LogP contribution in [-0.2, 0) is 0 Å². The van der Waals surface area contributed by atoms with Crippen molar-refractivity contribution >= 4 is 0 Å². The van der Waals surface area contributed by atoms with Crippen LogP contribution in [0.1, 0.15) is 59.8 Å². The van der Waals surface area contributed by atoms with Gasteiger partial charge in [-0.25, -0.2) is 0 Å². The molecule has 1 saturated heterocycles. The third kappa shape index (κ3) is 4.23. The molecule has 1 heterocycles. The summed E-state index contributed by atoms with van der Waals surface area (Å²) in [4.78, 5) is 2.63. The standard InChI is InChI=1S/C14H31N3/c1-12(2)11-13(16-15)14(3,4)17-9-7-5-6-8-10-17/h12-13,16H,5-11,15H2,1-4H3. The molecular formula is C14H31N3. The summed E-state index contributed by atoms with van der Waals surface area (Å²) in [6.45, 7) is 11.7.